The Hall–Kier alpha value is -0.550. The first-order valence-electron chi connectivity index (χ1n) is 5.97. The molecule has 0 aromatic carbocycles. The summed E-state index contributed by atoms with van der Waals surface area (Å²) in [6.45, 7) is 0.678. The van der Waals surface area contributed by atoms with Crippen LogP contribution in [0.25, 0.3) is 0 Å². The molecule has 1 aliphatic heterocycles. The summed E-state index contributed by atoms with van der Waals surface area (Å²) < 4.78 is 5.19. The summed E-state index contributed by atoms with van der Waals surface area (Å²) >= 11 is 2.05. The number of nitrogens with zero attached hydrogens (tertiary/aromatic N) is 2. The van der Waals surface area contributed by atoms with Gasteiger partial charge in [-0.1, -0.05) is 5.16 Å². The van der Waals surface area contributed by atoms with Gasteiger partial charge >= 0.3 is 0 Å². The van der Waals surface area contributed by atoms with Gasteiger partial charge in [-0.15, -0.1) is 0 Å². The molecule has 2 rings (SSSR count). The molecule has 0 spiro atoms. The van der Waals surface area contributed by atoms with Crippen LogP contribution < -0.4 is 5.73 Å². The zero-order valence-corrected chi connectivity index (χ0v) is 10.3. The summed E-state index contributed by atoms with van der Waals surface area (Å²) in [5.74, 6) is 4.93. The number of thioether (sulfide) groups is 1. The Kier molecular flexibility index (Phi) is 4.66. The van der Waals surface area contributed by atoms with Crippen LogP contribution in [0.3, 0.4) is 0 Å². The number of aromatic nitrogens is 2. The Bertz CT molecular complexity index is 310. The molecule has 0 aliphatic carbocycles. The second-order valence-electron chi connectivity index (χ2n) is 4.26. The highest BCUT2D eigenvalue weighted by Crippen LogP contribution is 2.25. The third kappa shape index (κ3) is 3.49. The zero-order chi connectivity index (χ0) is 11.2. The van der Waals surface area contributed by atoms with Gasteiger partial charge in [-0.25, -0.2) is 0 Å². The van der Waals surface area contributed by atoms with E-state index in [0.29, 0.717) is 6.54 Å². The van der Waals surface area contributed by atoms with Crippen LogP contribution in [0.5, 0.6) is 0 Å². The van der Waals surface area contributed by atoms with E-state index < -0.39 is 0 Å². The summed E-state index contributed by atoms with van der Waals surface area (Å²) in [7, 11) is 0. The molecule has 0 radical (unpaired) electrons. The number of nitrogens with two attached hydrogens (primary N) is 1. The van der Waals surface area contributed by atoms with E-state index in [-0.39, 0.29) is 0 Å². The molecule has 0 atom stereocenters. The van der Waals surface area contributed by atoms with Crippen LogP contribution in [-0.4, -0.2) is 28.2 Å². The maximum atomic E-state index is 5.44. The van der Waals surface area contributed by atoms with Gasteiger partial charge in [-0.3, -0.25) is 0 Å². The fraction of sp³-hybridized carbons (Fsp3) is 0.818. The Labute approximate surface area is 100 Å². The molecule has 0 amide bonds. The Morgan fingerprint density at radius 2 is 2.19 bits per heavy atom. The molecule has 16 heavy (non-hydrogen) atoms. The van der Waals surface area contributed by atoms with Gasteiger partial charge in [0, 0.05) is 12.8 Å². The van der Waals surface area contributed by atoms with E-state index in [0.717, 1.165) is 36.9 Å². The van der Waals surface area contributed by atoms with Crippen LogP contribution >= 0.6 is 11.8 Å². The Balaban J connectivity index is 1.81. The molecule has 0 unspecified atom stereocenters. The Morgan fingerprint density at radius 1 is 1.38 bits per heavy atom. The van der Waals surface area contributed by atoms with Crippen molar-refractivity contribution in [2.24, 2.45) is 11.7 Å². The van der Waals surface area contributed by atoms with E-state index in [2.05, 4.69) is 10.1 Å². The molecule has 4 nitrogen and oxygen atoms in total. The van der Waals surface area contributed by atoms with Crippen LogP contribution in [0.15, 0.2) is 4.52 Å². The lowest BCUT2D eigenvalue weighted by Crippen LogP contribution is -2.13. The van der Waals surface area contributed by atoms with Crippen molar-refractivity contribution in [1.29, 1.82) is 0 Å². The maximum absolute atomic E-state index is 5.44. The summed E-state index contributed by atoms with van der Waals surface area (Å²) in [5, 5.41) is 4.03. The SMILES string of the molecule is NCCCc1nc(CC2CCSCC2)no1. The third-order valence-corrected chi connectivity index (χ3v) is 3.97. The van der Waals surface area contributed by atoms with E-state index in [1.54, 1.807) is 0 Å². The van der Waals surface area contributed by atoms with Crippen LogP contribution in [0.1, 0.15) is 31.0 Å². The van der Waals surface area contributed by atoms with Crippen LogP contribution in [0, 0.1) is 5.92 Å². The number of rotatable bonds is 5. The molecular formula is C11H19N3OS. The predicted molar refractivity (Wildman–Crippen MR) is 65.4 cm³/mol. The van der Waals surface area contributed by atoms with Crippen LogP contribution in [0.2, 0.25) is 0 Å². The molecule has 1 saturated heterocycles. The standard InChI is InChI=1S/C11H19N3OS/c12-5-1-2-11-13-10(14-15-11)8-9-3-6-16-7-4-9/h9H,1-8,12H2. The van der Waals surface area contributed by atoms with E-state index in [4.69, 9.17) is 10.3 Å². The molecule has 1 aliphatic rings. The van der Waals surface area contributed by atoms with Gasteiger partial charge in [0.25, 0.3) is 0 Å². The average molecular weight is 241 g/mol. The first kappa shape index (κ1) is 11.9. The van der Waals surface area contributed by atoms with Crippen molar-refractivity contribution in [2.75, 3.05) is 18.1 Å². The normalized spacial score (nSPS) is 17.8. The number of hydrogen-bond donors (Lipinski definition) is 1. The Morgan fingerprint density at radius 3 is 2.94 bits per heavy atom. The zero-order valence-electron chi connectivity index (χ0n) is 9.52. The molecule has 1 aromatic heterocycles. The summed E-state index contributed by atoms with van der Waals surface area (Å²) in [6, 6.07) is 0. The highest BCUT2D eigenvalue weighted by atomic mass is 32.2. The highest BCUT2D eigenvalue weighted by Gasteiger charge is 2.17. The van der Waals surface area contributed by atoms with E-state index in [1.807, 2.05) is 11.8 Å². The summed E-state index contributed by atoms with van der Waals surface area (Å²) in [6.07, 6.45) is 5.28. The lowest BCUT2D eigenvalue weighted by atomic mass is 9.99. The molecule has 0 saturated carbocycles. The van der Waals surface area contributed by atoms with Gasteiger partial charge in [-0.2, -0.15) is 16.7 Å². The van der Waals surface area contributed by atoms with Crippen molar-refractivity contribution in [3.05, 3.63) is 11.7 Å². The second-order valence-corrected chi connectivity index (χ2v) is 5.48. The monoisotopic (exact) mass is 241 g/mol. The van der Waals surface area contributed by atoms with Crippen molar-refractivity contribution < 1.29 is 4.52 Å². The van der Waals surface area contributed by atoms with Gasteiger partial charge in [0.15, 0.2) is 5.82 Å². The summed E-state index contributed by atoms with van der Waals surface area (Å²) in [4.78, 5) is 4.40. The fourth-order valence-corrected chi connectivity index (χ4v) is 3.14. The topological polar surface area (TPSA) is 64.9 Å². The first-order valence-corrected chi connectivity index (χ1v) is 7.13. The van der Waals surface area contributed by atoms with Gasteiger partial charge in [0.1, 0.15) is 0 Å². The molecule has 90 valence electrons. The van der Waals surface area contributed by atoms with Crippen LogP contribution in [-0.2, 0) is 12.8 Å². The van der Waals surface area contributed by atoms with E-state index in [9.17, 15) is 0 Å². The predicted octanol–water partition coefficient (Wildman–Crippen LogP) is 1.65. The number of aryl methyl sites for hydroxylation is 1. The van der Waals surface area contributed by atoms with E-state index >= 15 is 0 Å². The van der Waals surface area contributed by atoms with Crippen molar-refractivity contribution >= 4 is 11.8 Å². The minimum atomic E-state index is 0.678. The van der Waals surface area contributed by atoms with Crippen molar-refractivity contribution in [3.8, 4) is 0 Å². The molecule has 1 aromatic rings. The first-order chi connectivity index (χ1) is 7.88. The van der Waals surface area contributed by atoms with Gasteiger partial charge < -0.3 is 10.3 Å². The molecule has 2 N–H and O–H groups in total. The quantitative estimate of drug-likeness (QED) is 0.849. The smallest absolute Gasteiger partial charge is 0.226 e. The molecule has 1 fully saturated rings. The lowest BCUT2D eigenvalue weighted by molar-refractivity contribution is 0.365. The van der Waals surface area contributed by atoms with Crippen molar-refractivity contribution in [2.45, 2.75) is 32.1 Å². The summed E-state index contributed by atoms with van der Waals surface area (Å²) in [5.41, 5.74) is 5.44. The minimum Gasteiger partial charge on any atom is -0.339 e. The van der Waals surface area contributed by atoms with Gasteiger partial charge in [-0.05, 0) is 43.2 Å². The average Bonchev–Trinajstić information content (AvgIpc) is 2.75. The molecule has 2 heterocycles. The third-order valence-electron chi connectivity index (χ3n) is 2.92. The minimum absolute atomic E-state index is 0.678. The largest absolute Gasteiger partial charge is 0.339 e. The van der Waals surface area contributed by atoms with Gasteiger partial charge in [0.2, 0.25) is 5.89 Å². The molecular weight excluding hydrogens is 222 g/mol. The molecule has 5 heteroatoms. The second kappa shape index (κ2) is 6.25. The fourth-order valence-electron chi connectivity index (χ4n) is 1.94. The van der Waals surface area contributed by atoms with Gasteiger partial charge in [0.05, 0.1) is 0 Å². The molecule has 0 bridgehead atoms. The van der Waals surface area contributed by atoms with E-state index in [1.165, 1.54) is 24.3 Å². The highest BCUT2D eigenvalue weighted by molar-refractivity contribution is 7.99. The van der Waals surface area contributed by atoms with Crippen LogP contribution in [0.4, 0.5) is 0 Å². The maximum Gasteiger partial charge on any atom is 0.226 e. The lowest BCUT2D eigenvalue weighted by Gasteiger charge is -2.19. The van der Waals surface area contributed by atoms with Crippen molar-refractivity contribution in [3.63, 3.8) is 0 Å². The van der Waals surface area contributed by atoms with Crippen molar-refractivity contribution in [1.82, 2.24) is 10.1 Å². The number of hydrogen-bond acceptors (Lipinski definition) is 5.